The molecule has 0 aliphatic heterocycles. The lowest BCUT2D eigenvalue weighted by molar-refractivity contribution is 0.747. The number of hydrogen-bond donors (Lipinski definition) is 1. The van der Waals surface area contributed by atoms with Crippen LogP contribution in [0.15, 0.2) is 42.6 Å². The Morgan fingerprint density at radius 1 is 1.21 bits per heavy atom. The van der Waals surface area contributed by atoms with E-state index in [4.69, 9.17) is 0 Å². The molecule has 0 bridgehead atoms. The summed E-state index contributed by atoms with van der Waals surface area (Å²) in [4.78, 5) is 0. The van der Waals surface area contributed by atoms with Gasteiger partial charge in [-0.1, -0.05) is 18.2 Å². The van der Waals surface area contributed by atoms with Crippen molar-refractivity contribution in [1.29, 1.82) is 0 Å². The van der Waals surface area contributed by atoms with Gasteiger partial charge in [0.05, 0.1) is 12.2 Å². The fourth-order valence-corrected chi connectivity index (χ4v) is 1.31. The Hall–Kier alpha value is -1.77. The maximum atomic E-state index is 4.28. The van der Waals surface area contributed by atoms with Crippen molar-refractivity contribution < 1.29 is 0 Å². The van der Waals surface area contributed by atoms with E-state index < -0.39 is 0 Å². The van der Waals surface area contributed by atoms with Crippen molar-refractivity contribution in [2.45, 2.75) is 6.54 Å². The van der Waals surface area contributed by atoms with Crippen molar-refractivity contribution in [1.82, 2.24) is 9.78 Å². The highest BCUT2D eigenvalue weighted by atomic mass is 15.3. The van der Waals surface area contributed by atoms with Gasteiger partial charge in [-0.15, -0.1) is 0 Å². The summed E-state index contributed by atoms with van der Waals surface area (Å²) in [6.45, 7) is 0.769. The normalized spacial score (nSPS) is 10.1. The van der Waals surface area contributed by atoms with Gasteiger partial charge in [0.15, 0.2) is 0 Å². The average molecular weight is 187 g/mol. The molecule has 1 aromatic carbocycles. The van der Waals surface area contributed by atoms with E-state index in [2.05, 4.69) is 10.4 Å². The zero-order valence-corrected chi connectivity index (χ0v) is 8.14. The summed E-state index contributed by atoms with van der Waals surface area (Å²) >= 11 is 0. The number of nitrogens with one attached hydrogen (secondary N) is 1. The molecule has 72 valence electrons. The van der Waals surface area contributed by atoms with Crippen LogP contribution in [0.3, 0.4) is 0 Å². The smallest absolute Gasteiger partial charge is 0.0815 e. The molecule has 0 fully saturated rings. The van der Waals surface area contributed by atoms with E-state index in [9.17, 15) is 0 Å². The van der Waals surface area contributed by atoms with Crippen LogP contribution in [-0.2, 0) is 13.6 Å². The molecule has 0 aliphatic rings. The third-order valence-electron chi connectivity index (χ3n) is 2.02. The first-order valence-electron chi connectivity index (χ1n) is 4.62. The maximum Gasteiger partial charge on any atom is 0.0815 e. The summed E-state index contributed by atoms with van der Waals surface area (Å²) < 4.78 is 1.81. The van der Waals surface area contributed by atoms with Crippen LogP contribution < -0.4 is 5.32 Å². The Bertz CT molecular complexity index is 392. The molecular weight excluding hydrogens is 174 g/mol. The summed E-state index contributed by atoms with van der Waals surface area (Å²) in [6, 6.07) is 12.1. The lowest BCUT2D eigenvalue weighted by Gasteiger charge is -2.02. The standard InChI is InChI=1S/C11H13N3/c1-14-8-7-11(13-14)9-12-10-5-3-2-4-6-10/h2-8,12H,9H2,1H3. The highest BCUT2D eigenvalue weighted by molar-refractivity contribution is 5.42. The van der Waals surface area contributed by atoms with Gasteiger partial charge in [0.25, 0.3) is 0 Å². The Morgan fingerprint density at radius 3 is 2.64 bits per heavy atom. The minimum atomic E-state index is 0.769. The van der Waals surface area contributed by atoms with Gasteiger partial charge < -0.3 is 5.32 Å². The molecule has 3 nitrogen and oxygen atoms in total. The first-order chi connectivity index (χ1) is 6.84. The lowest BCUT2D eigenvalue weighted by atomic mass is 10.3. The molecule has 0 unspecified atom stereocenters. The second-order valence-corrected chi connectivity index (χ2v) is 3.20. The monoisotopic (exact) mass is 187 g/mol. The van der Waals surface area contributed by atoms with Crippen LogP contribution in [0.5, 0.6) is 0 Å². The quantitative estimate of drug-likeness (QED) is 0.796. The Morgan fingerprint density at radius 2 is 2.00 bits per heavy atom. The molecule has 1 N–H and O–H groups in total. The molecule has 0 spiro atoms. The predicted octanol–water partition coefficient (Wildman–Crippen LogP) is 2.03. The lowest BCUT2D eigenvalue weighted by Crippen LogP contribution is -2.00. The molecule has 2 rings (SSSR count). The molecule has 0 atom stereocenters. The highest BCUT2D eigenvalue weighted by Crippen LogP contribution is 2.06. The van der Waals surface area contributed by atoms with Crippen LogP contribution in [0.4, 0.5) is 5.69 Å². The number of aromatic nitrogens is 2. The average Bonchev–Trinajstić information content (AvgIpc) is 2.63. The van der Waals surface area contributed by atoms with Crippen molar-refractivity contribution >= 4 is 5.69 Å². The highest BCUT2D eigenvalue weighted by Gasteiger charge is 1.95. The number of rotatable bonds is 3. The Labute approximate surface area is 83.4 Å². The van der Waals surface area contributed by atoms with Crippen LogP contribution in [0.2, 0.25) is 0 Å². The van der Waals surface area contributed by atoms with Gasteiger partial charge in [0, 0.05) is 18.9 Å². The molecule has 2 aromatic rings. The van der Waals surface area contributed by atoms with Crippen molar-refractivity contribution in [3.8, 4) is 0 Å². The van der Waals surface area contributed by atoms with E-state index in [0.717, 1.165) is 17.9 Å². The van der Waals surface area contributed by atoms with Crippen LogP contribution in [0.1, 0.15) is 5.69 Å². The third-order valence-corrected chi connectivity index (χ3v) is 2.02. The van der Waals surface area contributed by atoms with Crippen molar-refractivity contribution in [2.75, 3.05) is 5.32 Å². The van der Waals surface area contributed by atoms with Gasteiger partial charge >= 0.3 is 0 Å². The topological polar surface area (TPSA) is 29.9 Å². The Kier molecular flexibility index (Phi) is 2.49. The molecule has 0 radical (unpaired) electrons. The summed E-state index contributed by atoms with van der Waals surface area (Å²) in [7, 11) is 1.92. The molecule has 3 heteroatoms. The summed E-state index contributed by atoms with van der Waals surface area (Å²) in [5, 5.41) is 7.58. The first-order valence-corrected chi connectivity index (χ1v) is 4.62. The van der Waals surface area contributed by atoms with E-state index in [0.29, 0.717) is 0 Å². The Balaban J connectivity index is 1.95. The van der Waals surface area contributed by atoms with Gasteiger partial charge in [-0.05, 0) is 18.2 Å². The number of para-hydroxylation sites is 1. The van der Waals surface area contributed by atoms with Crippen molar-refractivity contribution in [2.24, 2.45) is 7.05 Å². The fraction of sp³-hybridized carbons (Fsp3) is 0.182. The molecule has 1 heterocycles. The van der Waals surface area contributed by atoms with Gasteiger partial charge in [-0.3, -0.25) is 4.68 Å². The summed E-state index contributed by atoms with van der Waals surface area (Å²) in [5.41, 5.74) is 2.18. The number of aryl methyl sites for hydroxylation is 1. The van der Waals surface area contributed by atoms with Crippen molar-refractivity contribution in [3.05, 3.63) is 48.3 Å². The van der Waals surface area contributed by atoms with E-state index in [1.165, 1.54) is 0 Å². The third kappa shape index (κ3) is 2.13. The first kappa shape index (κ1) is 8.81. The fourth-order valence-electron chi connectivity index (χ4n) is 1.31. The zero-order valence-electron chi connectivity index (χ0n) is 8.14. The number of benzene rings is 1. The minimum absolute atomic E-state index is 0.769. The molecule has 0 saturated heterocycles. The zero-order chi connectivity index (χ0) is 9.80. The van der Waals surface area contributed by atoms with Crippen LogP contribution >= 0.6 is 0 Å². The molecule has 1 aromatic heterocycles. The van der Waals surface area contributed by atoms with Gasteiger partial charge in [-0.25, -0.2) is 0 Å². The van der Waals surface area contributed by atoms with E-state index in [-0.39, 0.29) is 0 Å². The van der Waals surface area contributed by atoms with E-state index >= 15 is 0 Å². The van der Waals surface area contributed by atoms with Crippen LogP contribution in [0.25, 0.3) is 0 Å². The minimum Gasteiger partial charge on any atom is -0.379 e. The van der Waals surface area contributed by atoms with Crippen molar-refractivity contribution in [3.63, 3.8) is 0 Å². The second-order valence-electron chi connectivity index (χ2n) is 3.20. The predicted molar refractivity (Wildman–Crippen MR) is 57.0 cm³/mol. The molecule has 0 aliphatic carbocycles. The van der Waals surface area contributed by atoms with E-state index in [1.807, 2.05) is 54.3 Å². The van der Waals surface area contributed by atoms with Gasteiger partial charge in [0.2, 0.25) is 0 Å². The molecule has 0 amide bonds. The molecular formula is C11H13N3. The summed E-state index contributed by atoms with van der Waals surface area (Å²) in [6.07, 6.45) is 1.95. The van der Waals surface area contributed by atoms with Crippen LogP contribution in [0, 0.1) is 0 Å². The second kappa shape index (κ2) is 3.96. The molecule has 0 saturated carbocycles. The number of nitrogens with zero attached hydrogens (tertiary/aromatic N) is 2. The number of anilines is 1. The SMILES string of the molecule is Cn1ccc(CNc2ccccc2)n1. The number of hydrogen-bond acceptors (Lipinski definition) is 2. The largest absolute Gasteiger partial charge is 0.379 e. The van der Waals surface area contributed by atoms with Gasteiger partial charge in [-0.2, -0.15) is 5.10 Å². The molecule has 14 heavy (non-hydrogen) atoms. The maximum absolute atomic E-state index is 4.28. The van der Waals surface area contributed by atoms with Gasteiger partial charge in [0.1, 0.15) is 0 Å². The summed E-state index contributed by atoms with van der Waals surface area (Å²) in [5.74, 6) is 0. The van der Waals surface area contributed by atoms with Crippen LogP contribution in [-0.4, -0.2) is 9.78 Å². The van der Waals surface area contributed by atoms with E-state index in [1.54, 1.807) is 0 Å².